The summed E-state index contributed by atoms with van der Waals surface area (Å²) >= 11 is 0. The fourth-order valence-corrected chi connectivity index (χ4v) is 3.00. The largest absolute Gasteiger partial charge is 0.480 e. The zero-order valence-corrected chi connectivity index (χ0v) is 18.5. The van der Waals surface area contributed by atoms with Gasteiger partial charge in [-0.1, -0.05) is 18.2 Å². The summed E-state index contributed by atoms with van der Waals surface area (Å²) in [6.07, 6.45) is 3.33. The Balaban J connectivity index is 0.000000276. The first kappa shape index (κ1) is 28.3. The van der Waals surface area contributed by atoms with Crippen molar-refractivity contribution >= 4 is 34.8 Å². The van der Waals surface area contributed by atoms with Gasteiger partial charge in [-0.2, -0.15) is 10.5 Å². The van der Waals surface area contributed by atoms with Crippen molar-refractivity contribution < 1.29 is 40.1 Å². The lowest BCUT2D eigenvalue weighted by Gasteiger charge is -2.12. The molecule has 10 N–H and O–H groups in total. The van der Waals surface area contributed by atoms with Gasteiger partial charge >= 0.3 is 17.9 Å². The normalized spacial score (nSPS) is 15.9. The Morgan fingerprint density at radius 3 is 2.35 bits per heavy atom. The molecule has 1 aromatic carbocycles. The van der Waals surface area contributed by atoms with Crippen LogP contribution >= 0.6 is 0 Å². The molecule has 14 nitrogen and oxygen atoms in total. The van der Waals surface area contributed by atoms with Crippen molar-refractivity contribution in [3.8, 4) is 0 Å². The number of aromatic nitrogens is 1. The molecule has 3 rings (SSSR count). The summed E-state index contributed by atoms with van der Waals surface area (Å²) < 4.78 is 0. The van der Waals surface area contributed by atoms with Crippen molar-refractivity contribution in [2.75, 3.05) is 20.1 Å². The third-order valence-corrected chi connectivity index (χ3v) is 4.85. The van der Waals surface area contributed by atoms with Crippen LogP contribution in [0.15, 0.2) is 30.5 Å². The second-order valence-corrected chi connectivity index (χ2v) is 7.38. The molecule has 1 aliphatic rings. The number of nitrogens with two attached hydrogens (primary N) is 1. The number of H-pyrrole nitrogens is 1. The van der Waals surface area contributed by atoms with Crippen LogP contribution in [0.3, 0.4) is 0 Å². The summed E-state index contributed by atoms with van der Waals surface area (Å²) in [5, 5.41) is 51.5. The third kappa shape index (κ3) is 9.03. The number of carboxylic acids is 3. The number of para-hydroxylation sites is 1. The average Bonchev–Trinajstić information content (AvgIpc) is 3.38. The van der Waals surface area contributed by atoms with Gasteiger partial charge < -0.3 is 41.4 Å². The Bertz CT molecular complexity index is 981. The molecule has 0 aliphatic carbocycles. The lowest BCUT2D eigenvalue weighted by Crippen LogP contribution is -2.36. The molecule has 0 spiro atoms. The number of rotatable bonds is 7. The van der Waals surface area contributed by atoms with Crippen LogP contribution in [-0.4, -0.2) is 96.8 Å². The number of likely N-dealkylation sites (N-methyl/N-ethyl adjacent to an activating group) is 1. The highest BCUT2D eigenvalue weighted by Crippen LogP contribution is 2.19. The van der Waals surface area contributed by atoms with Crippen LogP contribution in [0, 0.1) is 5.41 Å². The van der Waals surface area contributed by atoms with Crippen molar-refractivity contribution in [2.24, 2.45) is 5.73 Å². The Hall–Kier alpha value is -3.72. The number of guanidine groups is 1. The molecule has 1 saturated heterocycles. The number of carboxylic acid groups (broad SMARTS) is 3. The van der Waals surface area contributed by atoms with Crippen LogP contribution in [-0.2, 0) is 20.8 Å². The topological polar surface area (TPSA) is 237 Å². The predicted octanol–water partition coefficient (Wildman–Crippen LogP) is -0.0367. The van der Waals surface area contributed by atoms with Gasteiger partial charge in [-0.15, -0.1) is 0 Å². The van der Waals surface area contributed by atoms with E-state index in [1.54, 1.807) is 11.7 Å². The number of aliphatic carboxylic acids is 3. The first-order chi connectivity index (χ1) is 16.0. The van der Waals surface area contributed by atoms with Crippen LogP contribution in [0.4, 0.5) is 0 Å². The van der Waals surface area contributed by atoms with Crippen LogP contribution < -0.4 is 11.2 Å². The first-order valence-electron chi connectivity index (χ1n) is 10.1. The van der Waals surface area contributed by atoms with Gasteiger partial charge in [-0.05, 0) is 24.5 Å². The highest BCUT2D eigenvalue weighted by Gasteiger charge is 2.28. The summed E-state index contributed by atoms with van der Waals surface area (Å²) in [5.74, 6) is -3.24. The lowest BCUT2D eigenvalue weighted by atomic mass is 10.1. The molecule has 0 bridgehead atoms. The molecule has 1 aliphatic heterocycles. The van der Waals surface area contributed by atoms with Gasteiger partial charge in [-0.25, -0.2) is 0 Å². The monoisotopic (exact) mass is 482 g/mol. The van der Waals surface area contributed by atoms with Crippen molar-refractivity contribution in [3.05, 3.63) is 36.0 Å². The zero-order valence-electron chi connectivity index (χ0n) is 18.5. The van der Waals surface area contributed by atoms with Crippen LogP contribution in [0.5, 0.6) is 0 Å². The number of nitrogens with zero attached hydrogens (tertiary/aromatic N) is 2. The molecule has 1 aromatic heterocycles. The van der Waals surface area contributed by atoms with E-state index in [2.05, 4.69) is 4.98 Å². The maximum absolute atomic E-state index is 10.8. The highest BCUT2D eigenvalue weighted by molar-refractivity contribution is 5.84. The fourth-order valence-electron chi connectivity index (χ4n) is 3.00. The number of aromatic amines is 1. The maximum atomic E-state index is 10.8. The van der Waals surface area contributed by atoms with E-state index >= 15 is 0 Å². The zero-order chi connectivity index (χ0) is 25.8. The SMILES string of the molecule is CN(CC(=O)O)C(=N)N.O=C(O)C(Cc1c[nH]c2ccccc12)NO.O=C(O)C1CCCN1O. The van der Waals surface area contributed by atoms with E-state index in [9.17, 15) is 14.4 Å². The summed E-state index contributed by atoms with van der Waals surface area (Å²) in [4.78, 5) is 35.1. The van der Waals surface area contributed by atoms with E-state index in [0.717, 1.165) is 32.9 Å². The molecule has 0 saturated carbocycles. The minimum absolute atomic E-state index is 0.227. The van der Waals surface area contributed by atoms with Gasteiger partial charge in [0, 0.05) is 37.1 Å². The quantitative estimate of drug-likeness (QED) is 0.144. The summed E-state index contributed by atoms with van der Waals surface area (Å²) in [7, 11) is 1.44. The number of benzene rings is 1. The number of nitrogens with one attached hydrogen (secondary N) is 3. The minimum atomic E-state index is -1.08. The molecule has 188 valence electrons. The van der Waals surface area contributed by atoms with Gasteiger partial charge in [0.25, 0.3) is 0 Å². The number of hydrogen-bond acceptors (Lipinski definition) is 8. The standard InChI is InChI=1S/C11H12N2O3.C5H9NO3.C4H9N3O2/c14-11(15)10(13-16)5-7-6-12-9-4-2-1-3-8(7)9;7-5(8)4-2-1-3-6(4)9;1-7(4(5)6)2-3(8)9/h1-4,6,10,12-13,16H,5H2,(H,14,15);4,9H,1-3H2,(H,7,8);2H2,1H3,(H3,5,6)(H,8,9). The van der Waals surface area contributed by atoms with E-state index in [4.69, 9.17) is 36.9 Å². The number of carbonyl (C=O) groups is 3. The Kier molecular flexibility index (Phi) is 11.4. The molecule has 1 fully saturated rings. The van der Waals surface area contributed by atoms with Crippen LogP contribution in [0.1, 0.15) is 18.4 Å². The van der Waals surface area contributed by atoms with Crippen LogP contribution in [0.25, 0.3) is 10.9 Å². The summed E-state index contributed by atoms with van der Waals surface area (Å²) in [5.41, 5.74) is 8.54. The average molecular weight is 482 g/mol. The molecule has 2 atom stereocenters. The second-order valence-electron chi connectivity index (χ2n) is 7.38. The van der Waals surface area contributed by atoms with E-state index in [1.807, 2.05) is 24.3 Å². The molecular formula is C20H30N6O8. The molecule has 2 heterocycles. The maximum Gasteiger partial charge on any atom is 0.323 e. The van der Waals surface area contributed by atoms with Gasteiger partial charge in [0.1, 0.15) is 18.6 Å². The molecule has 34 heavy (non-hydrogen) atoms. The molecule has 0 radical (unpaired) electrons. The molecule has 2 unspecified atom stereocenters. The van der Waals surface area contributed by atoms with Crippen molar-refractivity contribution in [1.82, 2.24) is 20.4 Å². The van der Waals surface area contributed by atoms with E-state index in [0.29, 0.717) is 13.0 Å². The van der Waals surface area contributed by atoms with Gasteiger partial charge in [-0.3, -0.25) is 19.8 Å². The summed E-state index contributed by atoms with van der Waals surface area (Å²) in [6, 6.07) is 5.98. The van der Waals surface area contributed by atoms with Crippen molar-refractivity contribution in [2.45, 2.75) is 31.3 Å². The molecular weight excluding hydrogens is 452 g/mol. The molecule has 14 heteroatoms. The Morgan fingerprint density at radius 1 is 1.29 bits per heavy atom. The highest BCUT2D eigenvalue weighted by atomic mass is 16.5. The van der Waals surface area contributed by atoms with Crippen molar-refractivity contribution in [1.29, 1.82) is 5.41 Å². The van der Waals surface area contributed by atoms with E-state index in [1.165, 1.54) is 7.05 Å². The number of hydrogen-bond donors (Lipinski definition) is 9. The summed E-state index contributed by atoms with van der Waals surface area (Å²) in [6.45, 7) is 0.256. The van der Waals surface area contributed by atoms with E-state index in [-0.39, 0.29) is 18.9 Å². The van der Waals surface area contributed by atoms with Crippen molar-refractivity contribution in [3.63, 3.8) is 0 Å². The first-order valence-corrected chi connectivity index (χ1v) is 10.1. The fraction of sp³-hybridized carbons (Fsp3) is 0.400. The molecule has 0 amide bonds. The third-order valence-electron chi connectivity index (χ3n) is 4.85. The van der Waals surface area contributed by atoms with E-state index < -0.39 is 30.0 Å². The Labute approximate surface area is 194 Å². The smallest absolute Gasteiger partial charge is 0.323 e. The lowest BCUT2D eigenvalue weighted by molar-refractivity contribution is -0.161. The number of hydroxylamine groups is 3. The molecule has 2 aromatic rings. The van der Waals surface area contributed by atoms with Crippen LogP contribution in [0.2, 0.25) is 0 Å². The minimum Gasteiger partial charge on any atom is -0.480 e. The Morgan fingerprint density at radius 2 is 1.94 bits per heavy atom. The second kappa shape index (κ2) is 13.7. The van der Waals surface area contributed by atoms with Gasteiger partial charge in [0.2, 0.25) is 0 Å². The van der Waals surface area contributed by atoms with Gasteiger partial charge in [0.05, 0.1) is 0 Å². The van der Waals surface area contributed by atoms with Gasteiger partial charge in [0.15, 0.2) is 5.96 Å². The predicted molar refractivity (Wildman–Crippen MR) is 120 cm³/mol. The number of fused-ring (bicyclic) bond motifs is 1.